The Morgan fingerprint density at radius 2 is 1.80 bits per heavy atom. The van der Waals surface area contributed by atoms with Gasteiger partial charge in [0.25, 0.3) is 11.8 Å². The van der Waals surface area contributed by atoms with Crippen molar-refractivity contribution in [1.82, 2.24) is 15.2 Å². The molecule has 14 nitrogen and oxygen atoms in total. The minimum atomic E-state index is -0.998. The summed E-state index contributed by atoms with van der Waals surface area (Å²) in [6.45, 7) is 8.65. The third-order valence-electron chi connectivity index (χ3n) is 8.20. The lowest BCUT2D eigenvalue weighted by atomic mass is 9.95. The summed E-state index contributed by atoms with van der Waals surface area (Å²) in [5.41, 5.74) is 3.68. The van der Waals surface area contributed by atoms with Crippen LogP contribution in [-0.4, -0.2) is 81.6 Å². The number of methoxy groups -OCH3 is 1. The second-order valence-electron chi connectivity index (χ2n) is 13.2. The van der Waals surface area contributed by atoms with Gasteiger partial charge in [-0.05, 0) is 74.1 Å². The average Bonchev–Trinajstić information content (AvgIpc) is 3.58. The highest BCUT2D eigenvalue weighted by molar-refractivity contribution is 8.12. The number of aromatic nitrogens is 1. The number of oxime groups is 1. The van der Waals surface area contributed by atoms with Gasteiger partial charge in [-0.2, -0.15) is 0 Å². The second kappa shape index (κ2) is 17.5. The lowest BCUT2D eigenvalue weighted by Crippen LogP contribution is -2.71. The lowest BCUT2D eigenvalue weighted by molar-refractivity contribution is -0.153. The number of amides is 3. The molecule has 17 heteroatoms. The molecule has 2 aliphatic heterocycles. The molecule has 2 aliphatic rings. The van der Waals surface area contributed by atoms with Gasteiger partial charge < -0.3 is 24.4 Å². The van der Waals surface area contributed by atoms with Gasteiger partial charge in [-0.3, -0.25) is 24.6 Å². The summed E-state index contributed by atoms with van der Waals surface area (Å²) in [4.78, 5) is 75.9. The van der Waals surface area contributed by atoms with Crippen molar-refractivity contribution in [3.05, 3.63) is 87.1 Å². The SMILES string of the molecule is CO/N=C(\C(=O)N[C@@H]1C(=O)N2C(C(=O)OCc3ccc(OC)cc3)=C(Cc3cccc(CSC(C)=O)c3C)CS[C@H]12)c1csc(NC(=O)OC(C)(C)C)n1. The van der Waals surface area contributed by atoms with Crippen LogP contribution in [0.15, 0.2) is 64.3 Å². The summed E-state index contributed by atoms with van der Waals surface area (Å²) in [7, 11) is 2.83. The smallest absolute Gasteiger partial charge is 0.413 e. The van der Waals surface area contributed by atoms with Crippen LogP contribution in [0.1, 0.15) is 55.6 Å². The zero-order valence-corrected chi connectivity index (χ0v) is 33.3. The van der Waals surface area contributed by atoms with Crippen molar-refractivity contribution in [3.63, 3.8) is 0 Å². The number of esters is 1. The van der Waals surface area contributed by atoms with Gasteiger partial charge in [-0.15, -0.1) is 23.1 Å². The molecule has 0 bridgehead atoms. The number of anilines is 1. The number of nitrogens with zero attached hydrogens (tertiary/aromatic N) is 3. The first-order chi connectivity index (χ1) is 25.7. The van der Waals surface area contributed by atoms with Gasteiger partial charge in [0.2, 0.25) is 0 Å². The topological polar surface area (TPSA) is 175 Å². The molecule has 286 valence electrons. The van der Waals surface area contributed by atoms with E-state index in [0.29, 0.717) is 29.2 Å². The van der Waals surface area contributed by atoms with Crippen molar-refractivity contribution in [2.24, 2.45) is 5.16 Å². The first kappa shape index (κ1) is 40.3. The van der Waals surface area contributed by atoms with E-state index in [-0.39, 0.29) is 34.0 Å². The molecule has 0 saturated carbocycles. The fourth-order valence-corrected chi connectivity index (χ4v) is 8.27. The summed E-state index contributed by atoms with van der Waals surface area (Å²) in [6, 6.07) is 11.9. The summed E-state index contributed by atoms with van der Waals surface area (Å²) >= 11 is 3.68. The van der Waals surface area contributed by atoms with Crippen molar-refractivity contribution >= 4 is 74.7 Å². The first-order valence-corrected chi connectivity index (χ1v) is 19.7. The van der Waals surface area contributed by atoms with Crippen LogP contribution in [0.3, 0.4) is 0 Å². The van der Waals surface area contributed by atoms with E-state index in [0.717, 1.165) is 33.6 Å². The Morgan fingerprint density at radius 1 is 1.07 bits per heavy atom. The maximum atomic E-state index is 13.9. The first-order valence-electron chi connectivity index (χ1n) is 16.7. The zero-order valence-electron chi connectivity index (χ0n) is 30.8. The van der Waals surface area contributed by atoms with E-state index in [2.05, 4.69) is 20.8 Å². The van der Waals surface area contributed by atoms with E-state index in [1.807, 2.05) is 25.1 Å². The number of carbonyl (C=O) groups excluding carboxylic acids is 5. The lowest BCUT2D eigenvalue weighted by Gasteiger charge is -2.49. The molecule has 0 radical (unpaired) electrons. The number of rotatable bonds is 13. The molecule has 2 N–H and O–H groups in total. The van der Waals surface area contributed by atoms with E-state index in [9.17, 15) is 24.0 Å². The molecule has 3 amide bonds. The number of hydrogen-bond acceptors (Lipinski definition) is 14. The monoisotopic (exact) mass is 795 g/mol. The number of carbonyl (C=O) groups is 5. The standard InChI is InChI=1S/C37H41N5O9S3/c1-20-23(9-8-10-24(20)17-52-21(2)43)15-25-18-53-33-29(32(45)42(33)30(25)34(46)50-16-22-11-13-26(48-6)14-12-22)39-31(44)28(41-49-7)27-19-54-35(38-27)40-36(47)51-37(3,4)5/h8-14,19,29,33H,15-18H2,1-7H3,(H,39,44)(H,38,40,47)/b41-28-/t29-,33-/m1/s1. The Balaban J connectivity index is 1.36. The maximum Gasteiger partial charge on any atom is 0.413 e. The molecule has 0 spiro atoms. The highest BCUT2D eigenvalue weighted by Crippen LogP contribution is 2.42. The molecule has 54 heavy (non-hydrogen) atoms. The molecule has 0 unspecified atom stereocenters. The number of thiazole rings is 1. The predicted octanol–water partition coefficient (Wildman–Crippen LogP) is 5.58. The Hall–Kier alpha value is -4.87. The van der Waals surface area contributed by atoms with Gasteiger partial charge in [0.1, 0.15) is 47.9 Å². The summed E-state index contributed by atoms with van der Waals surface area (Å²) in [5, 5.41) is 10.2. The third kappa shape index (κ3) is 9.81. The molecule has 1 saturated heterocycles. The Bertz CT molecular complexity index is 1990. The Labute approximate surface area is 325 Å². The Morgan fingerprint density at radius 3 is 2.46 bits per heavy atom. The predicted molar refractivity (Wildman–Crippen MR) is 207 cm³/mol. The van der Waals surface area contributed by atoms with Crippen LogP contribution in [0, 0.1) is 6.92 Å². The number of nitrogens with one attached hydrogen (secondary N) is 2. The molecule has 5 rings (SSSR count). The van der Waals surface area contributed by atoms with E-state index in [4.69, 9.17) is 19.0 Å². The van der Waals surface area contributed by atoms with Crippen LogP contribution >= 0.6 is 34.9 Å². The molecule has 2 aromatic carbocycles. The van der Waals surface area contributed by atoms with E-state index >= 15 is 0 Å². The fraction of sp³-hybridized carbons (Fsp3) is 0.378. The number of benzene rings is 2. The van der Waals surface area contributed by atoms with Crippen LogP contribution in [0.25, 0.3) is 0 Å². The van der Waals surface area contributed by atoms with Crippen LogP contribution in [0.2, 0.25) is 0 Å². The third-order valence-corrected chi connectivity index (χ3v) is 11.2. The van der Waals surface area contributed by atoms with Crippen molar-refractivity contribution in [2.75, 3.05) is 25.3 Å². The second-order valence-corrected chi connectivity index (χ2v) is 16.3. The minimum absolute atomic E-state index is 0.0178. The van der Waals surface area contributed by atoms with Gasteiger partial charge in [0.05, 0.1) is 7.11 Å². The summed E-state index contributed by atoms with van der Waals surface area (Å²) in [6.07, 6.45) is -0.348. The molecule has 2 atom stereocenters. The van der Waals surface area contributed by atoms with Crippen molar-refractivity contribution in [3.8, 4) is 5.75 Å². The van der Waals surface area contributed by atoms with E-state index < -0.39 is 40.9 Å². The average molecular weight is 796 g/mol. The number of ether oxygens (including phenoxy) is 3. The minimum Gasteiger partial charge on any atom is -0.497 e. The molecule has 1 aromatic heterocycles. The van der Waals surface area contributed by atoms with Crippen molar-refractivity contribution in [2.45, 2.75) is 70.4 Å². The Kier molecular flexibility index (Phi) is 13.1. The van der Waals surface area contributed by atoms with Gasteiger partial charge >= 0.3 is 12.1 Å². The summed E-state index contributed by atoms with van der Waals surface area (Å²) < 4.78 is 16.3. The van der Waals surface area contributed by atoms with Gasteiger partial charge in [-0.1, -0.05) is 47.2 Å². The van der Waals surface area contributed by atoms with Crippen molar-refractivity contribution < 1.29 is 43.0 Å². The van der Waals surface area contributed by atoms with Gasteiger partial charge in [0, 0.05) is 23.8 Å². The van der Waals surface area contributed by atoms with Crippen LogP contribution in [0.5, 0.6) is 5.75 Å². The van der Waals surface area contributed by atoms with E-state index in [1.54, 1.807) is 52.1 Å². The molecule has 1 fully saturated rings. The number of fused-ring (bicyclic) bond motifs is 1. The zero-order chi connectivity index (χ0) is 39.2. The van der Waals surface area contributed by atoms with Crippen molar-refractivity contribution in [1.29, 1.82) is 0 Å². The quantitative estimate of drug-likeness (QED) is 0.0954. The number of β-lactam (4-membered cyclic amide) rings is 1. The summed E-state index contributed by atoms with van der Waals surface area (Å²) in [5.74, 6) is -0.347. The highest BCUT2D eigenvalue weighted by Gasteiger charge is 2.54. The largest absolute Gasteiger partial charge is 0.497 e. The molecule has 3 heterocycles. The molecule has 0 aliphatic carbocycles. The van der Waals surface area contributed by atoms with Crippen LogP contribution < -0.4 is 15.4 Å². The van der Waals surface area contributed by atoms with Gasteiger partial charge in [0.15, 0.2) is 16.0 Å². The number of thioether (sulfide) groups is 2. The van der Waals surface area contributed by atoms with Gasteiger partial charge in [-0.25, -0.2) is 14.6 Å². The van der Waals surface area contributed by atoms with E-state index in [1.165, 1.54) is 47.8 Å². The molecule has 3 aromatic rings. The molecular weight excluding hydrogens is 755 g/mol. The van der Waals surface area contributed by atoms with Crippen LogP contribution in [-0.2, 0) is 52.3 Å². The van der Waals surface area contributed by atoms with Crippen LogP contribution in [0.4, 0.5) is 9.93 Å². The fourth-order valence-electron chi connectivity index (χ4n) is 5.58. The normalized spacial score (nSPS) is 16.9. The number of hydrogen-bond donors (Lipinski definition) is 2. The molecular formula is C37H41N5O9S3. The highest BCUT2D eigenvalue weighted by atomic mass is 32.2. The maximum absolute atomic E-state index is 13.9.